The first-order valence-electron chi connectivity index (χ1n) is 25.4. The smallest absolute Gasteiger partial charge is 0.306 e. The lowest BCUT2D eigenvalue weighted by atomic mass is 10.1. The molecule has 63 heavy (non-hydrogen) atoms. The number of hydrogen-bond donors (Lipinski definition) is 0. The zero-order valence-corrected chi connectivity index (χ0v) is 40.5. The van der Waals surface area contributed by atoms with E-state index in [0.717, 1.165) is 109 Å². The Bertz CT molecular complexity index is 1330. The van der Waals surface area contributed by atoms with E-state index in [2.05, 4.69) is 112 Å². The van der Waals surface area contributed by atoms with E-state index in [0.29, 0.717) is 19.3 Å². The van der Waals surface area contributed by atoms with Crippen molar-refractivity contribution >= 4 is 17.9 Å². The number of carbonyl (C=O) groups is 3. The fourth-order valence-electron chi connectivity index (χ4n) is 6.54. The highest BCUT2D eigenvalue weighted by molar-refractivity contribution is 5.71. The van der Waals surface area contributed by atoms with Crippen LogP contribution in [0.15, 0.2) is 109 Å². The Balaban J connectivity index is 4.54. The van der Waals surface area contributed by atoms with Crippen molar-refractivity contribution in [1.29, 1.82) is 0 Å². The van der Waals surface area contributed by atoms with Crippen LogP contribution in [0.5, 0.6) is 0 Å². The summed E-state index contributed by atoms with van der Waals surface area (Å²) in [6.07, 6.45) is 68.0. The van der Waals surface area contributed by atoms with Crippen LogP contribution in [0, 0.1) is 0 Å². The van der Waals surface area contributed by atoms with E-state index in [1.807, 2.05) is 18.2 Å². The topological polar surface area (TPSA) is 78.9 Å². The van der Waals surface area contributed by atoms with Gasteiger partial charge in [-0.1, -0.05) is 207 Å². The van der Waals surface area contributed by atoms with Gasteiger partial charge in [0.25, 0.3) is 0 Å². The first kappa shape index (κ1) is 59.1. The summed E-state index contributed by atoms with van der Waals surface area (Å²) in [5, 5.41) is 0. The van der Waals surface area contributed by atoms with Crippen LogP contribution in [0.2, 0.25) is 0 Å². The summed E-state index contributed by atoms with van der Waals surface area (Å²) in [5.74, 6) is -1.04. The van der Waals surface area contributed by atoms with Gasteiger partial charge in [-0.25, -0.2) is 0 Å². The second-order valence-electron chi connectivity index (χ2n) is 16.4. The van der Waals surface area contributed by atoms with E-state index in [9.17, 15) is 14.4 Å². The fourth-order valence-corrected chi connectivity index (χ4v) is 6.54. The molecule has 0 rings (SSSR count). The Kier molecular flexibility index (Phi) is 47.5. The van der Waals surface area contributed by atoms with Crippen molar-refractivity contribution in [2.75, 3.05) is 13.2 Å². The highest BCUT2D eigenvalue weighted by atomic mass is 16.6. The Morgan fingerprint density at radius 2 is 0.730 bits per heavy atom. The SMILES string of the molecule is CC\C=C/C=C\C=C/CCCCCCCC(=O)OCC(COC(=O)CC/C=C\C/C=C\C/C=C\C/C=C\C/C=C\CC)OC(=O)CCCCCCC/C=C\CCCCCCCCC. The van der Waals surface area contributed by atoms with Gasteiger partial charge < -0.3 is 14.2 Å². The van der Waals surface area contributed by atoms with Crippen molar-refractivity contribution in [3.05, 3.63) is 109 Å². The molecule has 0 saturated carbocycles. The van der Waals surface area contributed by atoms with E-state index in [1.54, 1.807) is 0 Å². The molecule has 6 nitrogen and oxygen atoms in total. The lowest BCUT2D eigenvalue weighted by Crippen LogP contribution is -2.30. The van der Waals surface area contributed by atoms with Crippen LogP contribution in [0.1, 0.15) is 213 Å². The molecule has 0 aliphatic rings. The number of allylic oxidation sites excluding steroid dienone is 18. The molecule has 0 N–H and O–H groups in total. The van der Waals surface area contributed by atoms with Crippen LogP contribution < -0.4 is 0 Å². The van der Waals surface area contributed by atoms with Gasteiger partial charge in [0.15, 0.2) is 6.10 Å². The Labute approximate surface area is 387 Å². The third-order valence-electron chi connectivity index (χ3n) is 10.3. The third-order valence-corrected chi connectivity index (χ3v) is 10.3. The van der Waals surface area contributed by atoms with Crippen molar-refractivity contribution < 1.29 is 28.6 Å². The molecule has 0 amide bonds. The molecular weight excluding hydrogens is 781 g/mol. The van der Waals surface area contributed by atoms with Gasteiger partial charge in [0.05, 0.1) is 0 Å². The predicted molar refractivity (Wildman–Crippen MR) is 270 cm³/mol. The molecule has 0 aromatic rings. The average molecular weight is 873 g/mol. The predicted octanol–water partition coefficient (Wildman–Crippen LogP) is 16.8. The molecule has 1 unspecified atom stereocenters. The molecule has 0 radical (unpaired) electrons. The molecule has 0 aromatic carbocycles. The van der Waals surface area contributed by atoms with Gasteiger partial charge in [0, 0.05) is 19.3 Å². The summed E-state index contributed by atoms with van der Waals surface area (Å²) >= 11 is 0. The van der Waals surface area contributed by atoms with Gasteiger partial charge in [-0.2, -0.15) is 0 Å². The Morgan fingerprint density at radius 3 is 1.24 bits per heavy atom. The number of esters is 3. The fraction of sp³-hybridized carbons (Fsp3) is 0.632. The number of carbonyl (C=O) groups excluding carboxylic acids is 3. The van der Waals surface area contributed by atoms with E-state index in [4.69, 9.17) is 14.2 Å². The van der Waals surface area contributed by atoms with Gasteiger partial charge in [-0.15, -0.1) is 0 Å². The van der Waals surface area contributed by atoms with Gasteiger partial charge in [-0.05, 0) is 96.3 Å². The number of unbranched alkanes of at least 4 members (excludes halogenated alkanes) is 17. The zero-order valence-electron chi connectivity index (χ0n) is 40.5. The Hall–Kier alpha value is -3.93. The van der Waals surface area contributed by atoms with Crippen molar-refractivity contribution in [2.24, 2.45) is 0 Å². The summed E-state index contributed by atoms with van der Waals surface area (Å²) in [7, 11) is 0. The molecule has 356 valence electrons. The summed E-state index contributed by atoms with van der Waals surface area (Å²) < 4.78 is 16.7. The molecule has 0 spiro atoms. The molecular formula is C57H92O6. The second kappa shape index (κ2) is 50.7. The maximum absolute atomic E-state index is 12.8. The summed E-state index contributed by atoms with van der Waals surface area (Å²) in [5.41, 5.74) is 0. The summed E-state index contributed by atoms with van der Waals surface area (Å²) in [6, 6.07) is 0. The quantitative estimate of drug-likeness (QED) is 0.0199. The van der Waals surface area contributed by atoms with Gasteiger partial charge in [0.1, 0.15) is 13.2 Å². The highest BCUT2D eigenvalue weighted by Gasteiger charge is 2.19. The standard InChI is InChI=1S/C57H92O6/c1-4-7-10-13-16-19-22-25-27-29-32-35-38-41-44-47-50-56(59)62-53-54(52-61-55(58)49-46-43-40-37-34-31-24-21-18-15-12-9-6-3)63-57(60)51-48-45-42-39-36-33-30-28-26-23-20-17-14-11-8-5-2/h7,9-10,12,15-16,18-19,21,24-25,27-28,30,32,35,41,44,54H,4-6,8,11,13-14,17,20,22-23,26,29,31,33-34,36-40,42-43,45-53H2,1-3H3/b10-7-,12-9-,18-15-,19-16-,24-21-,27-25-,30-28-,35-32-,44-41-. The molecule has 6 heteroatoms. The molecule has 1 atom stereocenters. The van der Waals surface area contributed by atoms with Crippen LogP contribution in [0.3, 0.4) is 0 Å². The molecule has 0 heterocycles. The molecule has 0 aliphatic carbocycles. The molecule has 0 bridgehead atoms. The van der Waals surface area contributed by atoms with Crippen LogP contribution in [-0.2, 0) is 28.6 Å². The minimum atomic E-state index is -0.822. The monoisotopic (exact) mass is 873 g/mol. The van der Waals surface area contributed by atoms with E-state index < -0.39 is 6.10 Å². The number of hydrogen-bond acceptors (Lipinski definition) is 6. The molecule has 0 saturated heterocycles. The van der Waals surface area contributed by atoms with E-state index in [1.165, 1.54) is 57.8 Å². The van der Waals surface area contributed by atoms with Crippen molar-refractivity contribution in [3.8, 4) is 0 Å². The maximum atomic E-state index is 12.8. The van der Waals surface area contributed by atoms with Crippen LogP contribution in [0.25, 0.3) is 0 Å². The van der Waals surface area contributed by atoms with Crippen LogP contribution in [0.4, 0.5) is 0 Å². The van der Waals surface area contributed by atoms with Gasteiger partial charge >= 0.3 is 17.9 Å². The van der Waals surface area contributed by atoms with E-state index >= 15 is 0 Å². The highest BCUT2D eigenvalue weighted by Crippen LogP contribution is 2.13. The normalized spacial score (nSPS) is 13.0. The third kappa shape index (κ3) is 49.0. The van der Waals surface area contributed by atoms with Crippen molar-refractivity contribution in [2.45, 2.75) is 219 Å². The molecule has 0 aromatic heterocycles. The first-order valence-corrected chi connectivity index (χ1v) is 25.4. The van der Waals surface area contributed by atoms with Crippen LogP contribution in [-0.4, -0.2) is 37.2 Å². The lowest BCUT2D eigenvalue weighted by Gasteiger charge is -2.18. The average Bonchev–Trinajstić information content (AvgIpc) is 3.28. The van der Waals surface area contributed by atoms with Gasteiger partial charge in [-0.3, -0.25) is 14.4 Å². The van der Waals surface area contributed by atoms with Crippen molar-refractivity contribution in [1.82, 2.24) is 0 Å². The minimum Gasteiger partial charge on any atom is -0.462 e. The zero-order chi connectivity index (χ0) is 45.8. The van der Waals surface area contributed by atoms with Gasteiger partial charge in [0.2, 0.25) is 0 Å². The minimum absolute atomic E-state index is 0.117. The first-order chi connectivity index (χ1) is 31.0. The largest absolute Gasteiger partial charge is 0.462 e. The maximum Gasteiger partial charge on any atom is 0.306 e. The molecule has 0 aliphatic heterocycles. The molecule has 0 fully saturated rings. The number of ether oxygens (including phenoxy) is 3. The Morgan fingerprint density at radius 1 is 0.349 bits per heavy atom. The summed E-state index contributed by atoms with van der Waals surface area (Å²) in [6.45, 7) is 6.28. The lowest BCUT2D eigenvalue weighted by molar-refractivity contribution is -0.166. The summed E-state index contributed by atoms with van der Waals surface area (Å²) in [4.78, 5) is 37.9. The van der Waals surface area contributed by atoms with Crippen molar-refractivity contribution in [3.63, 3.8) is 0 Å². The second-order valence-corrected chi connectivity index (χ2v) is 16.4. The number of rotatable bonds is 44. The van der Waals surface area contributed by atoms with E-state index in [-0.39, 0.29) is 37.5 Å². The van der Waals surface area contributed by atoms with Crippen LogP contribution >= 0.6 is 0 Å².